The van der Waals surface area contributed by atoms with Crippen LogP contribution in [0.4, 0.5) is 8.78 Å². The van der Waals surface area contributed by atoms with Crippen LogP contribution in [-0.4, -0.2) is 36.7 Å². The third kappa shape index (κ3) is 6.47. The third-order valence-electron chi connectivity index (χ3n) is 2.61. The van der Waals surface area contributed by atoms with Gasteiger partial charge in [-0.3, -0.25) is 4.79 Å². The average Bonchev–Trinajstić information content (AvgIpc) is 2.43. The molecule has 1 amide bonds. The molecule has 2 N–H and O–H groups in total. The van der Waals surface area contributed by atoms with Crippen molar-refractivity contribution in [3.63, 3.8) is 0 Å². The predicted molar refractivity (Wildman–Crippen MR) is 71.0 cm³/mol. The van der Waals surface area contributed by atoms with Crippen molar-refractivity contribution in [2.75, 3.05) is 19.8 Å². The van der Waals surface area contributed by atoms with Crippen molar-refractivity contribution in [3.05, 3.63) is 29.8 Å². The molecule has 0 heterocycles. The first-order valence-corrected chi connectivity index (χ1v) is 6.38. The Hall–Kier alpha value is -1.69. The van der Waals surface area contributed by atoms with E-state index in [2.05, 4.69) is 5.32 Å². The van der Waals surface area contributed by atoms with E-state index in [1.807, 2.05) is 31.2 Å². The summed E-state index contributed by atoms with van der Waals surface area (Å²) >= 11 is 0. The molecule has 20 heavy (non-hydrogen) atoms. The Morgan fingerprint density at radius 1 is 1.35 bits per heavy atom. The van der Waals surface area contributed by atoms with E-state index in [0.29, 0.717) is 18.8 Å². The molecule has 0 aliphatic carbocycles. The van der Waals surface area contributed by atoms with Crippen molar-refractivity contribution >= 4 is 5.91 Å². The molecule has 4 nitrogen and oxygen atoms in total. The lowest BCUT2D eigenvalue weighted by Gasteiger charge is -2.13. The topological polar surface area (TPSA) is 58.6 Å². The highest BCUT2D eigenvalue weighted by Crippen LogP contribution is 2.12. The third-order valence-corrected chi connectivity index (χ3v) is 2.61. The van der Waals surface area contributed by atoms with E-state index in [1.54, 1.807) is 0 Å². The van der Waals surface area contributed by atoms with E-state index in [1.165, 1.54) is 0 Å². The number of aliphatic hydroxyl groups is 1. The lowest BCUT2D eigenvalue weighted by atomic mass is 10.2. The van der Waals surface area contributed by atoms with Crippen molar-refractivity contribution in [1.29, 1.82) is 0 Å². The summed E-state index contributed by atoms with van der Waals surface area (Å²) in [5.41, 5.74) is 1.13. The molecule has 0 aliphatic rings. The van der Waals surface area contributed by atoms with Crippen molar-refractivity contribution in [2.45, 2.75) is 25.7 Å². The molecule has 0 aromatic heterocycles. The Morgan fingerprint density at radius 2 is 2.00 bits per heavy atom. The van der Waals surface area contributed by atoms with Crippen molar-refractivity contribution in [1.82, 2.24) is 5.32 Å². The van der Waals surface area contributed by atoms with Crippen LogP contribution < -0.4 is 10.1 Å². The predicted octanol–water partition coefficient (Wildman–Crippen LogP) is 1.90. The maximum Gasteiger partial charge on any atom is 0.287 e. The van der Waals surface area contributed by atoms with Crippen LogP contribution in [-0.2, 0) is 4.79 Å². The highest BCUT2D eigenvalue weighted by atomic mass is 19.3. The zero-order chi connectivity index (χ0) is 15.0. The smallest absolute Gasteiger partial charge is 0.287 e. The van der Waals surface area contributed by atoms with Crippen LogP contribution in [0.3, 0.4) is 0 Å². The maximum absolute atomic E-state index is 12.7. The largest absolute Gasteiger partial charge is 0.494 e. The summed E-state index contributed by atoms with van der Waals surface area (Å²) in [6.07, 6.45) is 0.539. The minimum atomic E-state index is -3.27. The molecule has 0 unspecified atom stereocenters. The van der Waals surface area contributed by atoms with Crippen molar-refractivity contribution < 1.29 is 23.4 Å². The van der Waals surface area contributed by atoms with Crippen LogP contribution in [0.5, 0.6) is 5.75 Å². The fourth-order valence-corrected chi connectivity index (χ4v) is 1.43. The summed E-state index contributed by atoms with van der Waals surface area (Å²) in [7, 11) is 0. The molecule has 0 saturated heterocycles. The van der Waals surface area contributed by atoms with E-state index in [-0.39, 0.29) is 6.42 Å². The van der Waals surface area contributed by atoms with Crippen molar-refractivity contribution in [2.24, 2.45) is 0 Å². The van der Waals surface area contributed by atoms with Gasteiger partial charge in [-0.25, -0.2) is 8.78 Å². The number of carbonyl (C=O) groups excluding carboxylic acids is 1. The molecule has 112 valence electrons. The molecule has 1 rings (SSSR count). The van der Waals surface area contributed by atoms with Gasteiger partial charge in [-0.2, -0.15) is 0 Å². The quantitative estimate of drug-likeness (QED) is 0.718. The zero-order valence-corrected chi connectivity index (χ0v) is 11.4. The molecule has 0 aliphatic heterocycles. The van der Waals surface area contributed by atoms with Gasteiger partial charge in [0.2, 0.25) is 5.91 Å². The first kappa shape index (κ1) is 16.4. The van der Waals surface area contributed by atoms with Crippen LogP contribution in [0.25, 0.3) is 0 Å². The molecule has 0 fully saturated rings. The lowest BCUT2D eigenvalue weighted by Crippen LogP contribution is -2.38. The van der Waals surface area contributed by atoms with E-state index < -0.39 is 25.0 Å². The summed E-state index contributed by atoms with van der Waals surface area (Å²) in [4.78, 5) is 11.3. The first-order valence-electron chi connectivity index (χ1n) is 6.38. The lowest BCUT2D eigenvalue weighted by molar-refractivity contribution is -0.124. The van der Waals surface area contributed by atoms with E-state index in [0.717, 1.165) is 5.56 Å². The number of rotatable bonds is 8. The number of benzene rings is 1. The van der Waals surface area contributed by atoms with Gasteiger partial charge in [0.25, 0.3) is 5.92 Å². The van der Waals surface area contributed by atoms with Gasteiger partial charge >= 0.3 is 0 Å². The number of amides is 1. The number of aliphatic hydroxyl groups excluding tert-OH is 1. The van der Waals surface area contributed by atoms with Gasteiger partial charge in [-0.05, 0) is 25.5 Å². The van der Waals surface area contributed by atoms with Gasteiger partial charge in [0.1, 0.15) is 12.4 Å². The summed E-state index contributed by atoms with van der Waals surface area (Å²) in [5, 5.41) is 10.4. The molecule has 6 heteroatoms. The Bertz CT molecular complexity index is 421. The Labute approximate surface area is 116 Å². The molecule has 0 radical (unpaired) electrons. The van der Waals surface area contributed by atoms with Gasteiger partial charge in [-0.15, -0.1) is 0 Å². The molecule has 0 bridgehead atoms. The van der Waals surface area contributed by atoms with Gasteiger partial charge in [0.15, 0.2) is 0 Å². The Kier molecular flexibility index (Phi) is 6.38. The first-order chi connectivity index (χ1) is 9.43. The number of hydrogen-bond donors (Lipinski definition) is 2. The van der Waals surface area contributed by atoms with Gasteiger partial charge in [0.05, 0.1) is 13.2 Å². The normalized spacial score (nSPS) is 11.2. The van der Waals surface area contributed by atoms with Gasteiger partial charge < -0.3 is 15.2 Å². The number of alkyl halides is 2. The molecule has 0 atom stereocenters. The maximum atomic E-state index is 12.7. The number of halogens is 2. The van der Waals surface area contributed by atoms with Crippen LogP contribution in [0.15, 0.2) is 24.3 Å². The van der Waals surface area contributed by atoms with Crippen LogP contribution in [0, 0.1) is 6.92 Å². The van der Waals surface area contributed by atoms with Crippen molar-refractivity contribution in [3.8, 4) is 5.75 Å². The summed E-state index contributed by atoms with van der Waals surface area (Å²) in [6, 6.07) is 7.49. The Morgan fingerprint density at radius 3 is 2.60 bits per heavy atom. The minimum Gasteiger partial charge on any atom is -0.494 e. The Balaban J connectivity index is 2.14. The fraction of sp³-hybridized carbons (Fsp3) is 0.500. The standard InChI is InChI=1S/C14H19F2NO3/c1-11-4-6-12(7-5-11)20-8-2-3-13(19)17-9-14(15,16)10-18/h4-7,18H,2-3,8-10H2,1H3,(H,17,19). The molecular weight excluding hydrogens is 268 g/mol. The van der Waals surface area contributed by atoms with Gasteiger partial charge in [-0.1, -0.05) is 17.7 Å². The fourth-order valence-electron chi connectivity index (χ4n) is 1.43. The van der Waals surface area contributed by atoms with Crippen LogP contribution >= 0.6 is 0 Å². The van der Waals surface area contributed by atoms with E-state index >= 15 is 0 Å². The molecular formula is C14H19F2NO3. The molecule has 0 saturated carbocycles. The van der Waals surface area contributed by atoms with E-state index in [9.17, 15) is 13.6 Å². The van der Waals surface area contributed by atoms with Gasteiger partial charge in [0, 0.05) is 6.42 Å². The van der Waals surface area contributed by atoms with Crippen LogP contribution in [0.2, 0.25) is 0 Å². The molecule has 0 spiro atoms. The number of ether oxygens (including phenoxy) is 1. The zero-order valence-electron chi connectivity index (χ0n) is 11.4. The second kappa shape index (κ2) is 7.79. The number of carbonyl (C=O) groups is 1. The monoisotopic (exact) mass is 287 g/mol. The number of nitrogens with one attached hydrogen (secondary N) is 1. The average molecular weight is 287 g/mol. The second-order valence-electron chi connectivity index (χ2n) is 4.56. The summed E-state index contributed by atoms with van der Waals surface area (Å²) in [6.45, 7) is 0.189. The SMILES string of the molecule is Cc1ccc(OCCCC(=O)NCC(F)(F)CO)cc1. The second-order valence-corrected chi connectivity index (χ2v) is 4.56. The molecule has 1 aromatic rings. The number of aryl methyl sites for hydroxylation is 1. The molecule has 1 aromatic carbocycles. The summed E-state index contributed by atoms with van der Waals surface area (Å²) < 4.78 is 30.7. The number of hydrogen-bond acceptors (Lipinski definition) is 3. The highest BCUT2D eigenvalue weighted by Gasteiger charge is 2.27. The van der Waals surface area contributed by atoms with Crippen LogP contribution in [0.1, 0.15) is 18.4 Å². The summed E-state index contributed by atoms with van der Waals surface area (Å²) in [5.74, 6) is -3.04. The van der Waals surface area contributed by atoms with E-state index in [4.69, 9.17) is 9.84 Å². The minimum absolute atomic E-state index is 0.105. The highest BCUT2D eigenvalue weighted by molar-refractivity contribution is 5.75.